The molecule has 0 saturated heterocycles. The van der Waals surface area contributed by atoms with Gasteiger partial charge in [0, 0.05) is 17.8 Å². The molecule has 0 amide bonds. The van der Waals surface area contributed by atoms with Gasteiger partial charge in [-0.2, -0.15) is 14.7 Å². The molecule has 1 aromatic carbocycles. The van der Waals surface area contributed by atoms with Gasteiger partial charge < -0.3 is 0 Å². The van der Waals surface area contributed by atoms with E-state index in [1.54, 1.807) is 16.6 Å². The lowest BCUT2D eigenvalue weighted by Crippen LogP contribution is -1.98. The van der Waals surface area contributed by atoms with E-state index in [4.69, 9.17) is 0 Å². The molecule has 4 rings (SSSR count). The Labute approximate surface area is 155 Å². The van der Waals surface area contributed by atoms with Gasteiger partial charge in [-0.05, 0) is 54.9 Å². The number of aromatic nitrogens is 6. The van der Waals surface area contributed by atoms with Crippen molar-refractivity contribution in [2.75, 3.05) is 0 Å². The third-order valence-corrected chi connectivity index (χ3v) is 5.59. The van der Waals surface area contributed by atoms with Gasteiger partial charge >= 0.3 is 0 Å². The molecule has 0 N–H and O–H groups in total. The fraction of sp³-hybridized carbons (Fsp3) is 0.250. The summed E-state index contributed by atoms with van der Waals surface area (Å²) in [6.07, 6.45) is 0. The number of hydrogen-bond acceptors (Lipinski definition) is 5. The summed E-state index contributed by atoms with van der Waals surface area (Å²) in [5.74, 6) is 0.262. The van der Waals surface area contributed by atoms with E-state index in [9.17, 15) is 4.39 Å². The molecule has 6 nitrogen and oxygen atoms in total. The molecule has 0 unspecified atom stereocenters. The van der Waals surface area contributed by atoms with Crippen LogP contribution in [0.4, 0.5) is 4.39 Å². The Morgan fingerprint density at radius 3 is 2.68 bits per heavy atom. The second-order valence-corrected chi connectivity index (χ2v) is 7.43. The highest BCUT2D eigenvalue weighted by Gasteiger charge is 2.20. The molecule has 3 aromatic heterocycles. The Balaban J connectivity index is 1.86. The molecule has 9 heteroatoms. The first-order valence-electron chi connectivity index (χ1n) is 7.71. The lowest BCUT2D eigenvalue weighted by molar-refractivity contribution is 0.621. The van der Waals surface area contributed by atoms with Crippen LogP contribution in [0.25, 0.3) is 26.9 Å². The first-order valence-corrected chi connectivity index (χ1v) is 9.32. The molecule has 0 bridgehead atoms. The quantitative estimate of drug-likeness (QED) is 0.496. The standard InChI is InChI=1S/C16H14BrFN6S/c1-4-23-9(3)13(8(2)21-23)15-22-24-14(19-20-16(24)25-15)10-5-6-12(18)11(17)7-10/h5-7H,4H2,1-3H3. The predicted molar refractivity (Wildman–Crippen MR) is 98.1 cm³/mol. The van der Waals surface area contributed by atoms with Crippen molar-refractivity contribution in [1.29, 1.82) is 0 Å². The van der Waals surface area contributed by atoms with Crippen LogP contribution in [-0.2, 0) is 6.54 Å². The molecular formula is C16H14BrFN6S. The number of nitrogens with zero attached hydrogens (tertiary/aromatic N) is 6. The molecule has 0 saturated carbocycles. The summed E-state index contributed by atoms with van der Waals surface area (Å²) in [7, 11) is 0. The molecule has 0 atom stereocenters. The Morgan fingerprint density at radius 1 is 1.20 bits per heavy atom. The van der Waals surface area contributed by atoms with E-state index >= 15 is 0 Å². The first kappa shape index (κ1) is 16.3. The van der Waals surface area contributed by atoms with Crippen molar-refractivity contribution >= 4 is 32.2 Å². The fourth-order valence-electron chi connectivity index (χ4n) is 2.85. The van der Waals surface area contributed by atoms with Gasteiger partial charge in [0.1, 0.15) is 5.82 Å². The van der Waals surface area contributed by atoms with Gasteiger partial charge in [0.15, 0.2) is 10.8 Å². The largest absolute Gasteiger partial charge is 0.269 e. The summed E-state index contributed by atoms with van der Waals surface area (Å²) in [4.78, 5) is 0.688. The summed E-state index contributed by atoms with van der Waals surface area (Å²) in [5.41, 5.74) is 3.80. The average Bonchev–Trinajstić information content (AvgIpc) is 3.22. The van der Waals surface area contributed by atoms with Gasteiger partial charge in [0.25, 0.3) is 0 Å². The van der Waals surface area contributed by atoms with Gasteiger partial charge in [-0.1, -0.05) is 11.3 Å². The van der Waals surface area contributed by atoms with Crippen LogP contribution in [0.2, 0.25) is 0 Å². The number of rotatable bonds is 3. The molecule has 0 aliphatic rings. The lowest BCUT2D eigenvalue weighted by atomic mass is 10.2. The first-order chi connectivity index (χ1) is 12.0. The molecule has 3 heterocycles. The zero-order chi connectivity index (χ0) is 17.7. The Hall–Kier alpha value is -2.13. The molecule has 25 heavy (non-hydrogen) atoms. The number of halogens is 2. The van der Waals surface area contributed by atoms with E-state index in [1.807, 2.05) is 18.5 Å². The summed E-state index contributed by atoms with van der Waals surface area (Å²) in [6.45, 7) is 6.89. The lowest BCUT2D eigenvalue weighted by Gasteiger charge is -2.00. The minimum atomic E-state index is -0.318. The van der Waals surface area contributed by atoms with Crippen LogP contribution < -0.4 is 0 Å². The number of benzene rings is 1. The molecule has 128 valence electrons. The van der Waals surface area contributed by atoms with Crippen molar-refractivity contribution in [3.8, 4) is 22.0 Å². The average molecular weight is 421 g/mol. The zero-order valence-corrected chi connectivity index (χ0v) is 16.2. The Morgan fingerprint density at radius 2 is 2.00 bits per heavy atom. The van der Waals surface area contributed by atoms with Crippen LogP contribution >= 0.6 is 27.3 Å². The second kappa shape index (κ2) is 5.99. The Kier molecular flexibility index (Phi) is 3.92. The highest BCUT2D eigenvalue weighted by atomic mass is 79.9. The molecular weight excluding hydrogens is 407 g/mol. The molecule has 0 aliphatic heterocycles. The van der Waals surface area contributed by atoms with E-state index < -0.39 is 0 Å². The van der Waals surface area contributed by atoms with E-state index in [0.717, 1.165) is 34.1 Å². The van der Waals surface area contributed by atoms with Crippen LogP contribution in [0.15, 0.2) is 22.7 Å². The van der Waals surface area contributed by atoms with Gasteiger partial charge in [-0.3, -0.25) is 4.68 Å². The smallest absolute Gasteiger partial charge is 0.235 e. The van der Waals surface area contributed by atoms with Crippen molar-refractivity contribution in [3.05, 3.63) is 39.9 Å². The molecule has 4 aromatic rings. The van der Waals surface area contributed by atoms with E-state index in [2.05, 4.69) is 43.2 Å². The summed E-state index contributed by atoms with van der Waals surface area (Å²) in [6, 6.07) is 4.74. The summed E-state index contributed by atoms with van der Waals surface area (Å²) in [5, 5.41) is 18.5. The maximum atomic E-state index is 13.5. The van der Waals surface area contributed by atoms with Crippen molar-refractivity contribution < 1.29 is 4.39 Å². The molecule has 0 radical (unpaired) electrons. The predicted octanol–water partition coefficient (Wildman–Crippen LogP) is 4.25. The third kappa shape index (κ3) is 2.58. The summed E-state index contributed by atoms with van der Waals surface area (Å²) >= 11 is 4.67. The molecule has 0 fully saturated rings. The second-order valence-electron chi connectivity index (χ2n) is 5.62. The number of aryl methyl sites for hydroxylation is 2. The van der Waals surface area contributed by atoms with Gasteiger partial charge in [-0.25, -0.2) is 4.39 Å². The highest BCUT2D eigenvalue weighted by molar-refractivity contribution is 9.10. The normalized spacial score (nSPS) is 11.6. The zero-order valence-electron chi connectivity index (χ0n) is 13.8. The maximum absolute atomic E-state index is 13.5. The van der Waals surface area contributed by atoms with Crippen LogP contribution in [0.1, 0.15) is 18.3 Å². The number of hydrogen-bond donors (Lipinski definition) is 0. The Bertz CT molecular complexity index is 1100. The van der Waals surface area contributed by atoms with Crippen molar-refractivity contribution in [1.82, 2.24) is 29.6 Å². The van der Waals surface area contributed by atoms with Gasteiger partial charge in [0.05, 0.1) is 15.7 Å². The minimum Gasteiger partial charge on any atom is -0.269 e. The highest BCUT2D eigenvalue weighted by Crippen LogP contribution is 2.32. The minimum absolute atomic E-state index is 0.318. The maximum Gasteiger partial charge on any atom is 0.235 e. The topological polar surface area (TPSA) is 60.9 Å². The fourth-order valence-corrected chi connectivity index (χ4v) is 4.21. The van der Waals surface area contributed by atoms with Crippen LogP contribution in [0, 0.1) is 19.7 Å². The molecule has 0 spiro atoms. The third-order valence-electron chi connectivity index (χ3n) is 4.06. The number of fused-ring (bicyclic) bond motifs is 1. The van der Waals surface area contributed by atoms with E-state index in [0.29, 0.717) is 15.3 Å². The van der Waals surface area contributed by atoms with E-state index in [-0.39, 0.29) is 5.82 Å². The van der Waals surface area contributed by atoms with Crippen molar-refractivity contribution in [2.24, 2.45) is 0 Å². The monoisotopic (exact) mass is 420 g/mol. The van der Waals surface area contributed by atoms with E-state index in [1.165, 1.54) is 17.4 Å². The van der Waals surface area contributed by atoms with Gasteiger partial charge in [0.2, 0.25) is 4.96 Å². The van der Waals surface area contributed by atoms with Crippen molar-refractivity contribution in [3.63, 3.8) is 0 Å². The van der Waals surface area contributed by atoms with Crippen LogP contribution in [0.3, 0.4) is 0 Å². The SMILES string of the molecule is CCn1nc(C)c(-c2nn3c(-c4ccc(F)c(Br)c4)nnc3s2)c1C. The van der Waals surface area contributed by atoms with Crippen molar-refractivity contribution in [2.45, 2.75) is 27.3 Å². The molecule has 0 aliphatic carbocycles. The van der Waals surface area contributed by atoms with Crippen LogP contribution in [0.5, 0.6) is 0 Å². The van der Waals surface area contributed by atoms with Gasteiger partial charge in [-0.15, -0.1) is 10.2 Å². The van der Waals surface area contributed by atoms with Crippen LogP contribution in [-0.4, -0.2) is 29.6 Å². The summed E-state index contributed by atoms with van der Waals surface area (Å²) < 4.78 is 17.5.